The van der Waals surface area contributed by atoms with Crippen LogP contribution in [0.4, 0.5) is 6.01 Å². The maximum atomic E-state index is 11.8. The molecule has 7 heteroatoms. The first-order chi connectivity index (χ1) is 10.6. The number of fused-ring (bicyclic) bond motifs is 1. The van der Waals surface area contributed by atoms with Gasteiger partial charge < -0.3 is 9.32 Å². The molecule has 1 aromatic heterocycles. The molecule has 0 saturated carbocycles. The van der Waals surface area contributed by atoms with E-state index < -0.39 is 10.0 Å². The van der Waals surface area contributed by atoms with Crippen LogP contribution in [0.15, 0.2) is 28.7 Å². The Balaban J connectivity index is 1.62. The second kappa shape index (κ2) is 6.26. The molecule has 120 valence electrons. The highest BCUT2D eigenvalue weighted by molar-refractivity contribution is 7.89. The lowest BCUT2D eigenvalue weighted by Crippen LogP contribution is -2.45. The Morgan fingerprint density at radius 1 is 1.32 bits per heavy atom. The first-order valence-electron chi connectivity index (χ1n) is 7.68. The number of piperidine rings is 1. The fourth-order valence-corrected chi connectivity index (χ4v) is 4.16. The summed E-state index contributed by atoms with van der Waals surface area (Å²) in [7, 11) is -3.14. The lowest BCUT2D eigenvalue weighted by molar-refractivity contribution is 0.438. The van der Waals surface area contributed by atoms with Gasteiger partial charge >= 0.3 is 0 Å². The van der Waals surface area contributed by atoms with Crippen molar-refractivity contribution in [2.45, 2.75) is 32.2 Å². The lowest BCUT2D eigenvalue weighted by Gasteiger charge is -2.31. The van der Waals surface area contributed by atoms with E-state index in [1.54, 1.807) is 0 Å². The number of oxazole rings is 1. The number of aromatic nitrogens is 1. The molecule has 0 aliphatic carbocycles. The van der Waals surface area contributed by atoms with Gasteiger partial charge in [0.1, 0.15) is 5.52 Å². The molecule has 22 heavy (non-hydrogen) atoms. The number of nitrogens with one attached hydrogen (secondary N) is 1. The largest absolute Gasteiger partial charge is 0.423 e. The predicted octanol–water partition coefficient (Wildman–Crippen LogP) is 2.13. The van der Waals surface area contributed by atoms with Crippen LogP contribution in [0.2, 0.25) is 0 Å². The fourth-order valence-electron chi connectivity index (χ4n) is 2.77. The van der Waals surface area contributed by atoms with Crippen molar-refractivity contribution in [2.75, 3.05) is 23.7 Å². The highest BCUT2D eigenvalue weighted by atomic mass is 32.2. The third kappa shape index (κ3) is 3.41. The van der Waals surface area contributed by atoms with Crippen LogP contribution >= 0.6 is 0 Å². The van der Waals surface area contributed by atoms with Crippen molar-refractivity contribution in [1.29, 1.82) is 0 Å². The third-order valence-electron chi connectivity index (χ3n) is 3.87. The number of benzene rings is 1. The zero-order valence-corrected chi connectivity index (χ0v) is 13.5. The van der Waals surface area contributed by atoms with Gasteiger partial charge in [0.2, 0.25) is 10.0 Å². The first kappa shape index (κ1) is 15.3. The van der Waals surface area contributed by atoms with E-state index in [-0.39, 0.29) is 11.8 Å². The summed E-state index contributed by atoms with van der Waals surface area (Å²) in [6, 6.07) is 8.31. The molecule has 6 nitrogen and oxygen atoms in total. The van der Waals surface area contributed by atoms with Gasteiger partial charge in [-0.05, 0) is 31.4 Å². The van der Waals surface area contributed by atoms with Crippen molar-refractivity contribution in [1.82, 2.24) is 9.71 Å². The first-order valence-corrected chi connectivity index (χ1v) is 9.33. The van der Waals surface area contributed by atoms with Crippen LogP contribution in [-0.2, 0) is 10.0 Å². The van der Waals surface area contributed by atoms with Crippen LogP contribution in [0.1, 0.15) is 26.2 Å². The van der Waals surface area contributed by atoms with E-state index in [1.807, 2.05) is 31.2 Å². The van der Waals surface area contributed by atoms with Crippen LogP contribution in [0.5, 0.6) is 0 Å². The summed E-state index contributed by atoms with van der Waals surface area (Å²) < 4.78 is 32.2. The summed E-state index contributed by atoms with van der Waals surface area (Å²) in [4.78, 5) is 6.56. The van der Waals surface area contributed by atoms with Crippen LogP contribution in [-0.4, -0.2) is 38.3 Å². The van der Waals surface area contributed by atoms with Gasteiger partial charge in [-0.3, -0.25) is 0 Å². The van der Waals surface area contributed by atoms with Crippen LogP contribution in [0.3, 0.4) is 0 Å². The van der Waals surface area contributed by atoms with Crippen LogP contribution in [0, 0.1) is 0 Å². The maximum Gasteiger partial charge on any atom is 0.298 e. The lowest BCUT2D eigenvalue weighted by atomic mass is 10.1. The molecule has 1 saturated heterocycles. The molecule has 0 bridgehead atoms. The van der Waals surface area contributed by atoms with E-state index in [0.717, 1.165) is 37.0 Å². The minimum absolute atomic E-state index is 0.0113. The average molecular weight is 323 g/mol. The van der Waals surface area contributed by atoms with Crippen molar-refractivity contribution >= 4 is 27.1 Å². The molecule has 0 atom stereocenters. The molecule has 2 aromatic rings. The zero-order valence-electron chi connectivity index (χ0n) is 12.7. The molecule has 0 amide bonds. The number of sulfonamides is 1. The summed E-state index contributed by atoms with van der Waals surface area (Å²) in [5.41, 5.74) is 1.63. The molecule has 1 aliphatic rings. The average Bonchev–Trinajstić information content (AvgIpc) is 2.91. The van der Waals surface area contributed by atoms with E-state index >= 15 is 0 Å². The maximum absolute atomic E-state index is 11.8. The van der Waals surface area contributed by atoms with Gasteiger partial charge in [-0.2, -0.15) is 4.98 Å². The van der Waals surface area contributed by atoms with Gasteiger partial charge in [0.25, 0.3) is 6.01 Å². The highest BCUT2D eigenvalue weighted by Gasteiger charge is 2.25. The second-order valence-corrected chi connectivity index (χ2v) is 7.54. The molecule has 3 rings (SSSR count). The Kier molecular flexibility index (Phi) is 4.35. The number of hydrogen-bond donors (Lipinski definition) is 1. The molecule has 1 aliphatic heterocycles. The van der Waals surface area contributed by atoms with Crippen LogP contribution in [0.25, 0.3) is 11.1 Å². The van der Waals surface area contributed by atoms with Crippen molar-refractivity contribution < 1.29 is 12.8 Å². The minimum atomic E-state index is -3.14. The standard InChI is InChI=1S/C15H21N3O3S/c1-2-11-22(19,20)17-12-7-9-18(10-8-12)15-16-13-5-3-4-6-14(13)21-15/h3-6,12,17H,2,7-11H2,1H3. The molecule has 1 N–H and O–H groups in total. The molecule has 2 heterocycles. The Hall–Kier alpha value is -1.60. The van der Waals surface area contributed by atoms with Crippen molar-refractivity contribution in [2.24, 2.45) is 0 Å². The van der Waals surface area contributed by atoms with Crippen LogP contribution < -0.4 is 9.62 Å². The van der Waals surface area contributed by atoms with Gasteiger partial charge in [0.15, 0.2) is 5.58 Å². The molecule has 1 aromatic carbocycles. The molecule has 0 spiro atoms. The zero-order chi connectivity index (χ0) is 15.6. The normalized spacial score (nSPS) is 17.2. The van der Waals surface area contributed by atoms with Gasteiger partial charge in [0, 0.05) is 19.1 Å². The number of anilines is 1. The van der Waals surface area contributed by atoms with Crippen molar-refractivity contribution in [3.63, 3.8) is 0 Å². The van der Waals surface area contributed by atoms with Gasteiger partial charge in [-0.15, -0.1) is 0 Å². The summed E-state index contributed by atoms with van der Waals surface area (Å²) in [5.74, 6) is 0.193. The van der Waals surface area contributed by atoms with Gasteiger partial charge in [-0.25, -0.2) is 13.1 Å². The molecule has 1 fully saturated rings. The monoisotopic (exact) mass is 323 g/mol. The van der Waals surface area contributed by atoms with Gasteiger partial charge in [0.05, 0.1) is 5.75 Å². The van der Waals surface area contributed by atoms with Gasteiger partial charge in [-0.1, -0.05) is 19.1 Å². The Morgan fingerprint density at radius 3 is 2.73 bits per heavy atom. The number of rotatable bonds is 5. The minimum Gasteiger partial charge on any atom is -0.423 e. The quantitative estimate of drug-likeness (QED) is 0.912. The number of hydrogen-bond acceptors (Lipinski definition) is 5. The summed E-state index contributed by atoms with van der Waals surface area (Å²) in [6.07, 6.45) is 2.17. The Bertz CT molecular complexity index is 700. The number of nitrogens with zero attached hydrogens (tertiary/aromatic N) is 2. The predicted molar refractivity (Wildman–Crippen MR) is 86.5 cm³/mol. The Morgan fingerprint density at radius 2 is 2.05 bits per heavy atom. The van der Waals surface area contributed by atoms with E-state index in [4.69, 9.17) is 4.42 Å². The fraction of sp³-hybridized carbons (Fsp3) is 0.533. The smallest absolute Gasteiger partial charge is 0.298 e. The third-order valence-corrected chi connectivity index (χ3v) is 5.51. The summed E-state index contributed by atoms with van der Waals surface area (Å²) in [5, 5.41) is 0. The van der Waals surface area contributed by atoms with E-state index in [9.17, 15) is 8.42 Å². The second-order valence-electron chi connectivity index (χ2n) is 5.66. The van der Waals surface area contributed by atoms with E-state index in [2.05, 4.69) is 14.6 Å². The molecule has 0 unspecified atom stereocenters. The summed E-state index contributed by atoms with van der Waals surface area (Å²) in [6.45, 7) is 3.35. The van der Waals surface area contributed by atoms with Crippen molar-refractivity contribution in [3.05, 3.63) is 24.3 Å². The SMILES string of the molecule is CCCS(=O)(=O)NC1CCN(c2nc3ccccc3o2)CC1. The molecular formula is C15H21N3O3S. The molecular weight excluding hydrogens is 302 g/mol. The topological polar surface area (TPSA) is 75.4 Å². The van der Waals surface area contributed by atoms with Crippen molar-refractivity contribution in [3.8, 4) is 0 Å². The summed E-state index contributed by atoms with van der Waals surface area (Å²) >= 11 is 0. The molecule has 0 radical (unpaired) electrons. The van der Waals surface area contributed by atoms with E-state index in [1.165, 1.54) is 0 Å². The Labute approximate surface area is 130 Å². The number of para-hydroxylation sites is 2. The van der Waals surface area contributed by atoms with E-state index in [0.29, 0.717) is 12.4 Å². The highest BCUT2D eigenvalue weighted by Crippen LogP contribution is 2.24.